The Labute approximate surface area is 191 Å². The van der Waals surface area contributed by atoms with Crippen molar-refractivity contribution in [2.75, 3.05) is 39.0 Å². The molecule has 3 rings (SSSR count). The highest BCUT2D eigenvalue weighted by molar-refractivity contribution is 7.89. The molecule has 1 amide bonds. The van der Waals surface area contributed by atoms with E-state index in [2.05, 4.69) is 10.2 Å². The van der Waals surface area contributed by atoms with Gasteiger partial charge in [0.1, 0.15) is 5.75 Å². The number of hydrogen-bond acceptors (Lipinski definition) is 5. The third-order valence-corrected chi connectivity index (χ3v) is 8.04. The molecule has 0 aromatic heterocycles. The second-order valence-corrected chi connectivity index (χ2v) is 10.9. The molecule has 0 bridgehead atoms. The molecule has 0 unspecified atom stereocenters. The fourth-order valence-corrected chi connectivity index (χ4v) is 5.17. The van der Waals surface area contributed by atoms with Crippen molar-refractivity contribution in [1.29, 1.82) is 0 Å². The predicted molar refractivity (Wildman–Crippen MR) is 126 cm³/mol. The van der Waals surface area contributed by atoms with Crippen LogP contribution in [0.15, 0.2) is 47.4 Å². The zero-order valence-electron chi connectivity index (χ0n) is 19.0. The van der Waals surface area contributed by atoms with Gasteiger partial charge in [0.15, 0.2) is 0 Å². The van der Waals surface area contributed by atoms with E-state index in [1.165, 1.54) is 30.0 Å². The number of nitrogens with one attached hydrogen (secondary N) is 1. The SMILES string of the molecule is Cc1ccc(NC(=O)CN2CCC(CCc3ccc(O)cc3)CC2)cc1S(=O)(=O)N(C)C. The number of carbonyl (C=O) groups excluding carboxylic acids is 1. The molecule has 0 atom stereocenters. The maximum absolute atomic E-state index is 12.5. The zero-order valence-corrected chi connectivity index (χ0v) is 19.9. The Kier molecular flexibility index (Phi) is 7.92. The van der Waals surface area contributed by atoms with E-state index in [0.717, 1.165) is 38.8 Å². The Morgan fingerprint density at radius 2 is 1.78 bits per heavy atom. The van der Waals surface area contributed by atoms with E-state index in [1.807, 2.05) is 12.1 Å². The molecule has 1 fully saturated rings. The van der Waals surface area contributed by atoms with Crippen LogP contribution in [-0.2, 0) is 21.2 Å². The lowest BCUT2D eigenvalue weighted by atomic mass is 9.90. The minimum absolute atomic E-state index is 0.135. The lowest BCUT2D eigenvalue weighted by Crippen LogP contribution is -2.39. The van der Waals surface area contributed by atoms with Crippen molar-refractivity contribution in [3.63, 3.8) is 0 Å². The molecule has 32 heavy (non-hydrogen) atoms. The lowest BCUT2D eigenvalue weighted by Gasteiger charge is -2.31. The molecule has 0 spiro atoms. The normalized spacial score (nSPS) is 15.8. The number of benzene rings is 2. The molecule has 2 aromatic carbocycles. The minimum atomic E-state index is -3.57. The monoisotopic (exact) mass is 459 g/mol. The Balaban J connectivity index is 1.48. The number of aromatic hydroxyl groups is 1. The van der Waals surface area contributed by atoms with Gasteiger partial charge in [0.05, 0.1) is 11.4 Å². The maximum atomic E-state index is 12.5. The standard InChI is InChI=1S/C24H33N3O4S/c1-18-4-9-21(16-23(18)32(30,31)26(2)3)25-24(29)17-27-14-12-20(13-15-27)6-5-19-7-10-22(28)11-8-19/h4,7-11,16,20,28H,5-6,12-15,17H2,1-3H3,(H,25,29). The van der Waals surface area contributed by atoms with Crippen molar-refractivity contribution in [2.45, 2.75) is 37.5 Å². The van der Waals surface area contributed by atoms with Gasteiger partial charge in [0.25, 0.3) is 0 Å². The average Bonchev–Trinajstić information content (AvgIpc) is 2.75. The number of amides is 1. The number of likely N-dealkylation sites (tertiary alicyclic amines) is 1. The van der Waals surface area contributed by atoms with Gasteiger partial charge in [-0.3, -0.25) is 9.69 Å². The summed E-state index contributed by atoms with van der Waals surface area (Å²) in [5.41, 5.74) is 2.37. The molecule has 2 N–H and O–H groups in total. The van der Waals surface area contributed by atoms with Crippen LogP contribution in [0, 0.1) is 12.8 Å². The van der Waals surface area contributed by atoms with E-state index in [1.54, 1.807) is 31.2 Å². The van der Waals surface area contributed by atoms with Crippen LogP contribution in [0.2, 0.25) is 0 Å². The highest BCUT2D eigenvalue weighted by Gasteiger charge is 2.22. The molecule has 1 saturated heterocycles. The summed E-state index contributed by atoms with van der Waals surface area (Å²) >= 11 is 0. The van der Waals surface area contributed by atoms with Gasteiger partial charge in [0.2, 0.25) is 15.9 Å². The number of aryl methyl sites for hydroxylation is 2. The molecule has 1 aliphatic heterocycles. The largest absolute Gasteiger partial charge is 0.508 e. The fourth-order valence-electron chi connectivity index (χ4n) is 4.02. The third kappa shape index (κ3) is 6.31. The molecular weight excluding hydrogens is 426 g/mol. The van der Waals surface area contributed by atoms with Crippen LogP contribution >= 0.6 is 0 Å². The van der Waals surface area contributed by atoms with Crippen LogP contribution in [0.4, 0.5) is 5.69 Å². The van der Waals surface area contributed by atoms with Crippen molar-refractivity contribution in [3.8, 4) is 5.75 Å². The molecule has 174 valence electrons. The first-order valence-corrected chi connectivity index (χ1v) is 12.4. The van der Waals surface area contributed by atoms with E-state index in [4.69, 9.17) is 0 Å². The third-order valence-electron chi connectivity index (χ3n) is 6.08. The smallest absolute Gasteiger partial charge is 0.242 e. The summed E-state index contributed by atoms with van der Waals surface area (Å²) in [4.78, 5) is 14.9. The van der Waals surface area contributed by atoms with Gasteiger partial charge in [-0.25, -0.2) is 12.7 Å². The number of phenols is 1. The van der Waals surface area contributed by atoms with Crippen molar-refractivity contribution in [3.05, 3.63) is 53.6 Å². The Morgan fingerprint density at radius 3 is 2.41 bits per heavy atom. The zero-order chi connectivity index (χ0) is 23.3. The van der Waals surface area contributed by atoms with Crippen molar-refractivity contribution < 1.29 is 18.3 Å². The first kappa shape index (κ1) is 24.2. The molecule has 0 saturated carbocycles. The van der Waals surface area contributed by atoms with Crippen LogP contribution < -0.4 is 5.32 Å². The molecule has 1 heterocycles. The van der Waals surface area contributed by atoms with Gasteiger partial charge in [0, 0.05) is 19.8 Å². The van der Waals surface area contributed by atoms with Crippen LogP contribution in [0.25, 0.3) is 0 Å². The molecular formula is C24H33N3O4S. The first-order valence-electron chi connectivity index (χ1n) is 11.0. The van der Waals surface area contributed by atoms with Crippen molar-refractivity contribution >= 4 is 21.6 Å². The van der Waals surface area contributed by atoms with Gasteiger partial charge >= 0.3 is 0 Å². The number of carbonyl (C=O) groups is 1. The molecule has 0 radical (unpaired) electrons. The lowest BCUT2D eigenvalue weighted by molar-refractivity contribution is -0.117. The summed E-state index contributed by atoms with van der Waals surface area (Å²) in [6.07, 6.45) is 4.22. The van der Waals surface area contributed by atoms with Crippen molar-refractivity contribution in [2.24, 2.45) is 5.92 Å². The van der Waals surface area contributed by atoms with E-state index in [0.29, 0.717) is 29.5 Å². The van der Waals surface area contributed by atoms with E-state index >= 15 is 0 Å². The summed E-state index contributed by atoms with van der Waals surface area (Å²) in [7, 11) is -0.579. The summed E-state index contributed by atoms with van der Waals surface area (Å²) in [6, 6.07) is 12.4. The minimum Gasteiger partial charge on any atom is -0.508 e. The number of sulfonamides is 1. The van der Waals surface area contributed by atoms with Crippen LogP contribution in [0.3, 0.4) is 0 Å². The Hall–Kier alpha value is -2.42. The van der Waals surface area contributed by atoms with Crippen molar-refractivity contribution in [1.82, 2.24) is 9.21 Å². The van der Waals surface area contributed by atoms with Crippen LogP contribution in [0.5, 0.6) is 5.75 Å². The number of rotatable bonds is 8. The highest BCUT2D eigenvalue weighted by Crippen LogP contribution is 2.24. The molecule has 1 aliphatic rings. The van der Waals surface area contributed by atoms with Crippen LogP contribution in [-0.4, -0.2) is 62.4 Å². The number of phenolic OH excluding ortho intramolecular Hbond substituents is 1. The fraction of sp³-hybridized carbons (Fsp3) is 0.458. The van der Waals surface area contributed by atoms with Gasteiger partial charge in [-0.15, -0.1) is 0 Å². The predicted octanol–water partition coefficient (Wildman–Crippen LogP) is 3.23. The van der Waals surface area contributed by atoms with Gasteiger partial charge in [-0.05, 0) is 87.0 Å². The first-order chi connectivity index (χ1) is 15.1. The van der Waals surface area contributed by atoms with Gasteiger partial charge in [-0.1, -0.05) is 18.2 Å². The second-order valence-electron chi connectivity index (χ2n) is 8.74. The van der Waals surface area contributed by atoms with Crippen LogP contribution in [0.1, 0.15) is 30.4 Å². The highest BCUT2D eigenvalue weighted by atomic mass is 32.2. The molecule has 7 nitrogen and oxygen atoms in total. The average molecular weight is 460 g/mol. The number of nitrogens with zero attached hydrogens (tertiary/aromatic N) is 2. The second kappa shape index (κ2) is 10.5. The Bertz CT molecular complexity index is 1030. The quantitative estimate of drug-likeness (QED) is 0.633. The summed E-state index contributed by atoms with van der Waals surface area (Å²) in [5, 5.41) is 12.2. The maximum Gasteiger partial charge on any atom is 0.242 e. The summed E-state index contributed by atoms with van der Waals surface area (Å²) < 4.78 is 26.2. The number of anilines is 1. The summed E-state index contributed by atoms with van der Waals surface area (Å²) in [6.45, 7) is 3.80. The van der Waals surface area contributed by atoms with E-state index < -0.39 is 10.0 Å². The molecule has 0 aliphatic carbocycles. The van der Waals surface area contributed by atoms with Gasteiger partial charge < -0.3 is 10.4 Å². The molecule has 2 aromatic rings. The number of hydrogen-bond donors (Lipinski definition) is 2. The molecule has 8 heteroatoms. The van der Waals surface area contributed by atoms with E-state index in [-0.39, 0.29) is 10.8 Å². The summed E-state index contributed by atoms with van der Waals surface area (Å²) in [5.74, 6) is 0.796. The van der Waals surface area contributed by atoms with E-state index in [9.17, 15) is 18.3 Å². The number of piperidine rings is 1. The topological polar surface area (TPSA) is 90.0 Å². The Morgan fingerprint density at radius 1 is 1.12 bits per heavy atom. The van der Waals surface area contributed by atoms with Gasteiger partial charge in [-0.2, -0.15) is 0 Å².